The molecule has 3 aromatic heterocycles. The van der Waals surface area contributed by atoms with E-state index in [0.29, 0.717) is 17.4 Å². The normalized spacial score (nSPS) is 11.4. The molecule has 1 amide bonds. The van der Waals surface area contributed by atoms with Crippen molar-refractivity contribution in [3.63, 3.8) is 0 Å². The molecule has 7 nitrogen and oxygen atoms in total. The maximum Gasteiger partial charge on any atom is 0.291 e. The molecule has 0 aliphatic carbocycles. The van der Waals surface area contributed by atoms with Crippen LogP contribution in [0.5, 0.6) is 0 Å². The summed E-state index contributed by atoms with van der Waals surface area (Å²) >= 11 is 6.28. The second-order valence-corrected chi connectivity index (χ2v) is 9.47. The lowest BCUT2D eigenvalue weighted by atomic mass is 10.2. The highest BCUT2D eigenvalue weighted by Crippen LogP contribution is 2.25. The summed E-state index contributed by atoms with van der Waals surface area (Å²) in [5.41, 5.74) is 4.49. The Kier molecular flexibility index (Phi) is 6.20. The number of benzene rings is 3. The van der Waals surface area contributed by atoms with Crippen molar-refractivity contribution in [1.29, 1.82) is 0 Å². The number of carbonyl (C=O) groups is 1. The highest BCUT2D eigenvalue weighted by molar-refractivity contribution is 6.31. The Morgan fingerprint density at radius 1 is 0.919 bits per heavy atom. The SMILES string of the molecule is O=C(Nc1ccc2c(ccn2CCCn2ccnc2)c1)c1nc2ccc(Cl)cc2n1Cc1ccccc1. The molecule has 1 N–H and O–H groups in total. The molecule has 0 unspecified atom stereocenters. The number of halogens is 1. The third kappa shape index (κ3) is 4.86. The first kappa shape index (κ1) is 23.1. The molecular formula is C29H25ClN6O. The number of nitrogens with one attached hydrogen (secondary N) is 1. The van der Waals surface area contributed by atoms with Gasteiger partial charge in [0.1, 0.15) is 0 Å². The fourth-order valence-electron chi connectivity index (χ4n) is 4.70. The molecule has 0 spiro atoms. The van der Waals surface area contributed by atoms with E-state index in [1.807, 2.05) is 71.7 Å². The van der Waals surface area contributed by atoms with Gasteiger partial charge in [0.05, 0.1) is 17.4 Å². The van der Waals surface area contributed by atoms with Crippen molar-refractivity contribution < 1.29 is 4.79 Å². The van der Waals surface area contributed by atoms with Crippen molar-refractivity contribution in [2.24, 2.45) is 0 Å². The summed E-state index contributed by atoms with van der Waals surface area (Å²) in [5.74, 6) is 0.0839. The Bertz CT molecular complexity index is 1680. The maximum atomic E-state index is 13.4. The number of imidazole rings is 2. The van der Waals surface area contributed by atoms with Gasteiger partial charge in [-0.1, -0.05) is 41.9 Å². The molecule has 0 aliphatic heterocycles. The van der Waals surface area contributed by atoms with E-state index in [4.69, 9.17) is 11.6 Å². The third-order valence-corrected chi connectivity index (χ3v) is 6.74. The minimum Gasteiger partial charge on any atom is -0.347 e. The molecular weight excluding hydrogens is 484 g/mol. The van der Waals surface area contributed by atoms with E-state index in [1.165, 1.54) is 0 Å². The zero-order valence-electron chi connectivity index (χ0n) is 20.1. The summed E-state index contributed by atoms with van der Waals surface area (Å²) < 4.78 is 6.24. The minimum absolute atomic E-state index is 0.262. The topological polar surface area (TPSA) is 69.7 Å². The zero-order valence-corrected chi connectivity index (χ0v) is 20.8. The van der Waals surface area contributed by atoms with Gasteiger partial charge < -0.3 is 19.0 Å². The van der Waals surface area contributed by atoms with E-state index in [2.05, 4.69) is 42.7 Å². The smallest absolute Gasteiger partial charge is 0.291 e. The Morgan fingerprint density at radius 3 is 2.65 bits per heavy atom. The first-order chi connectivity index (χ1) is 18.1. The zero-order chi connectivity index (χ0) is 25.2. The number of carbonyl (C=O) groups excluding carboxylic acids is 1. The summed E-state index contributed by atoms with van der Waals surface area (Å²) in [6.07, 6.45) is 8.71. The van der Waals surface area contributed by atoms with Crippen LogP contribution >= 0.6 is 11.6 Å². The summed E-state index contributed by atoms with van der Waals surface area (Å²) in [7, 11) is 0. The van der Waals surface area contributed by atoms with Crippen molar-refractivity contribution in [1.82, 2.24) is 23.7 Å². The molecule has 0 saturated heterocycles. The van der Waals surface area contributed by atoms with Crippen LogP contribution in [0, 0.1) is 0 Å². The largest absolute Gasteiger partial charge is 0.347 e. The van der Waals surface area contributed by atoms with Crippen molar-refractivity contribution >= 4 is 45.1 Å². The predicted molar refractivity (Wildman–Crippen MR) is 147 cm³/mol. The molecule has 0 bridgehead atoms. The van der Waals surface area contributed by atoms with Crippen LogP contribution in [-0.2, 0) is 19.6 Å². The number of aryl methyl sites for hydroxylation is 2. The number of hydrogen-bond acceptors (Lipinski definition) is 3. The van der Waals surface area contributed by atoms with Crippen molar-refractivity contribution in [3.05, 3.63) is 114 Å². The van der Waals surface area contributed by atoms with Gasteiger partial charge in [0, 0.05) is 59.8 Å². The van der Waals surface area contributed by atoms with Crippen LogP contribution in [0.2, 0.25) is 5.02 Å². The maximum absolute atomic E-state index is 13.4. The number of hydrogen-bond donors (Lipinski definition) is 1. The lowest BCUT2D eigenvalue weighted by Gasteiger charge is -2.11. The first-order valence-electron chi connectivity index (χ1n) is 12.2. The number of aromatic nitrogens is 5. The molecule has 3 heterocycles. The van der Waals surface area contributed by atoms with Crippen LogP contribution in [0.1, 0.15) is 22.6 Å². The number of rotatable bonds is 8. The van der Waals surface area contributed by atoms with E-state index in [0.717, 1.165) is 52.7 Å². The average Bonchev–Trinajstić information content (AvgIpc) is 3.65. The van der Waals surface area contributed by atoms with Crippen LogP contribution < -0.4 is 5.32 Å². The van der Waals surface area contributed by atoms with Gasteiger partial charge in [-0.2, -0.15) is 0 Å². The van der Waals surface area contributed by atoms with Crippen LogP contribution in [0.25, 0.3) is 21.9 Å². The van der Waals surface area contributed by atoms with E-state index >= 15 is 0 Å². The summed E-state index contributed by atoms with van der Waals surface area (Å²) in [5, 5.41) is 4.73. The number of nitrogens with zero attached hydrogens (tertiary/aromatic N) is 5. The second-order valence-electron chi connectivity index (χ2n) is 9.03. The Labute approximate surface area is 219 Å². The van der Waals surface area contributed by atoms with Gasteiger partial charge >= 0.3 is 0 Å². The highest BCUT2D eigenvalue weighted by Gasteiger charge is 2.19. The Morgan fingerprint density at radius 2 is 1.81 bits per heavy atom. The van der Waals surface area contributed by atoms with Crippen LogP contribution in [-0.4, -0.2) is 29.6 Å². The predicted octanol–water partition coefficient (Wildman–Crippen LogP) is 6.23. The van der Waals surface area contributed by atoms with E-state index in [9.17, 15) is 4.79 Å². The summed E-state index contributed by atoms with van der Waals surface area (Å²) in [6.45, 7) is 2.34. The number of anilines is 1. The molecule has 0 saturated carbocycles. The molecule has 6 aromatic rings. The Hall–Kier alpha value is -4.36. The first-order valence-corrected chi connectivity index (χ1v) is 12.6. The number of fused-ring (bicyclic) bond motifs is 2. The van der Waals surface area contributed by atoms with Gasteiger partial charge in [-0.15, -0.1) is 0 Å². The van der Waals surface area contributed by atoms with Crippen LogP contribution in [0.15, 0.2) is 97.7 Å². The van der Waals surface area contributed by atoms with E-state index in [-0.39, 0.29) is 5.91 Å². The average molecular weight is 509 g/mol. The van der Waals surface area contributed by atoms with E-state index in [1.54, 1.807) is 12.3 Å². The fraction of sp³-hybridized carbons (Fsp3) is 0.138. The van der Waals surface area contributed by atoms with Gasteiger partial charge in [0.25, 0.3) is 5.91 Å². The summed E-state index contributed by atoms with van der Waals surface area (Å²) in [4.78, 5) is 22.2. The van der Waals surface area contributed by atoms with Crippen LogP contribution in [0.4, 0.5) is 5.69 Å². The van der Waals surface area contributed by atoms with Crippen molar-refractivity contribution in [3.8, 4) is 0 Å². The highest BCUT2D eigenvalue weighted by atomic mass is 35.5. The fourth-order valence-corrected chi connectivity index (χ4v) is 4.86. The van der Waals surface area contributed by atoms with Gasteiger partial charge in [-0.3, -0.25) is 4.79 Å². The molecule has 0 atom stereocenters. The molecule has 37 heavy (non-hydrogen) atoms. The molecule has 0 aliphatic rings. The van der Waals surface area contributed by atoms with Gasteiger partial charge in [-0.25, -0.2) is 9.97 Å². The molecule has 184 valence electrons. The third-order valence-electron chi connectivity index (χ3n) is 6.50. The van der Waals surface area contributed by atoms with Gasteiger partial charge in [0.15, 0.2) is 0 Å². The quantitative estimate of drug-likeness (QED) is 0.265. The molecule has 0 radical (unpaired) electrons. The number of amides is 1. The monoisotopic (exact) mass is 508 g/mol. The molecule has 8 heteroatoms. The molecule has 3 aromatic carbocycles. The van der Waals surface area contributed by atoms with E-state index < -0.39 is 0 Å². The van der Waals surface area contributed by atoms with Crippen molar-refractivity contribution in [2.45, 2.75) is 26.1 Å². The van der Waals surface area contributed by atoms with Gasteiger partial charge in [-0.05, 0) is 54.4 Å². The second kappa shape index (κ2) is 9.95. The molecule has 0 fully saturated rings. The standard InChI is InChI=1S/C29H25ClN6O/c30-23-7-9-25-27(18-23)36(19-21-5-2-1-3-6-21)28(33-25)29(37)32-24-8-10-26-22(17-24)11-15-35(26)14-4-13-34-16-12-31-20-34/h1-3,5-12,15-18,20H,4,13-14,19H2,(H,32,37). The Balaban J connectivity index is 1.24. The minimum atomic E-state index is -0.262. The van der Waals surface area contributed by atoms with Crippen molar-refractivity contribution in [2.75, 3.05) is 5.32 Å². The molecule has 6 rings (SSSR count). The summed E-state index contributed by atoms with van der Waals surface area (Å²) in [6, 6.07) is 23.6. The van der Waals surface area contributed by atoms with Crippen LogP contribution in [0.3, 0.4) is 0 Å². The lowest BCUT2D eigenvalue weighted by Crippen LogP contribution is -2.18. The lowest BCUT2D eigenvalue weighted by molar-refractivity contribution is 0.101. The van der Waals surface area contributed by atoms with Gasteiger partial charge in [0.2, 0.25) is 5.82 Å².